The van der Waals surface area contributed by atoms with Crippen LogP contribution in [0.15, 0.2) is 137 Å². The van der Waals surface area contributed by atoms with Crippen molar-refractivity contribution in [1.29, 1.82) is 0 Å². The molecule has 6 aromatic heterocycles. The van der Waals surface area contributed by atoms with Crippen LogP contribution in [0.1, 0.15) is 72.3 Å². The van der Waals surface area contributed by atoms with E-state index in [9.17, 15) is 47.5 Å². The summed E-state index contributed by atoms with van der Waals surface area (Å²) in [7, 11) is 9.28. The van der Waals surface area contributed by atoms with Gasteiger partial charge in [-0.15, -0.1) is 0 Å². The lowest BCUT2D eigenvalue weighted by molar-refractivity contribution is -0.144. The molecule has 0 bridgehead atoms. The predicted octanol–water partition coefficient (Wildman–Crippen LogP) is 13.7. The van der Waals surface area contributed by atoms with Crippen molar-refractivity contribution in [1.82, 2.24) is 60.2 Å². The zero-order valence-electron chi connectivity index (χ0n) is 60.1. The third-order valence-electron chi connectivity index (χ3n) is 14.7. The molecule has 6 heterocycles. The van der Waals surface area contributed by atoms with Gasteiger partial charge in [-0.1, -0.05) is 67.0 Å². The first-order chi connectivity index (χ1) is 52.8. The van der Waals surface area contributed by atoms with Crippen LogP contribution in [0.25, 0.3) is 0 Å². The van der Waals surface area contributed by atoms with Gasteiger partial charge >= 0.3 is 36.2 Å². The first kappa shape index (κ1) is 91.5. The summed E-state index contributed by atoms with van der Waals surface area (Å²) in [5, 5.41) is 29.4. The molecule has 0 aliphatic heterocycles. The summed E-state index contributed by atoms with van der Waals surface area (Å²) < 4.78 is 51.7. The number of halogens is 9. The minimum atomic E-state index is -0.771. The summed E-state index contributed by atoms with van der Waals surface area (Å²) in [6.07, 6.45) is 2.25. The molecule has 33 nitrogen and oxygen atoms in total. The Kier molecular flexibility index (Phi) is 36.1. The second-order valence-corrected chi connectivity index (χ2v) is 28.4. The Balaban J connectivity index is 0.000000261. The quantitative estimate of drug-likeness (QED) is 0.0206. The van der Waals surface area contributed by atoms with E-state index in [4.69, 9.17) is 51.6 Å². The molecule has 112 heavy (non-hydrogen) atoms. The zero-order valence-corrected chi connectivity index (χ0v) is 71.2. The highest BCUT2D eigenvalue weighted by molar-refractivity contribution is 9.13. The van der Waals surface area contributed by atoms with Crippen molar-refractivity contribution in [2.45, 2.75) is 68.2 Å². The van der Waals surface area contributed by atoms with Crippen LogP contribution in [0, 0.1) is 26.6 Å². The Morgan fingerprint density at radius 1 is 0.429 bits per heavy atom. The molecule has 3 aromatic carbocycles. The van der Waals surface area contributed by atoms with Gasteiger partial charge in [0.1, 0.15) is 56.9 Å². The molecule has 0 atom stereocenters. The number of pyridine rings is 3. The van der Waals surface area contributed by atoms with Crippen LogP contribution in [0.2, 0.25) is 10.0 Å². The highest BCUT2D eigenvalue weighted by Crippen LogP contribution is 2.33. The maximum atomic E-state index is 14.1. The molecule has 9 aromatic rings. The van der Waals surface area contributed by atoms with Crippen molar-refractivity contribution in [2.24, 2.45) is 0 Å². The molecular formula is C70H73Br6Cl2FN18O15. The second-order valence-electron chi connectivity index (χ2n) is 23.0. The first-order valence-electron chi connectivity index (χ1n) is 32.3. The van der Waals surface area contributed by atoms with Gasteiger partial charge in [0.25, 0.3) is 17.7 Å². The van der Waals surface area contributed by atoms with Crippen LogP contribution in [0.4, 0.5) is 53.3 Å². The molecule has 0 radical (unpaired) electrons. The Morgan fingerprint density at radius 3 is 0.982 bits per heavy atom. The molecule has 0 spiro atoms. The molecule has 0 aliphatic rings. The number of rotatable bonds is 27. The maximum Gasteiger partial charge on any atom is 0.417 e. The van der Waals surface area contributed by atoms with Gasteiger partial charge in [-0.25, -0.2) is 47.8 Å². The molecule has 0 saturated heterocycles. The van der Waals surface area contributed by atoms with Gasteiger partial charge in [-0.3, -0.25) is 43.5 Å². The summed E-state index contributed by atoms with van der Waals surface area (Å²) in [6.45, 7) is 4.48. The Hall–Kier alpha value is -9.36. The molecule has 0 aliphatic carbocycles. The molecule has 596 valence electrons. The fraction of sp³-hybridized carbons (Fsp3) is 0.271. The maximum absolute atomic E-state index is 14.1. The molecule has 42 heteroatoms. The van der Waals surface area contributed by atoms with Crippen molar-refractivity contribution in [3.8, 4) is 0 Å². The van der Waals surface area contributed by atoms with E-state index in [-0.39, 0.29) is 112 Å². The van der Waals surface area contributed by atoms with E-state index in [0.29, 0.717) is 66.4 Å². The summed E-state index contributed by atoms with van der Waals surface area (Å²) in [5.41, 5.74) is 5.09. The van der Waals surface area contributed by atoms with E-state index in [1.807, 2.05) is 26.0 Å². The van der Waals surface area contributed by atoms with Crippen molar-refractivity contribution in [3.63, 3.8) is 0 Å². The number of amides is 6. The summed E-state index contributed by atoms with van der Waals surface area (Å²) in [5.74, 6) is -2.83. The average molecular weight is 1980 g/mol. The molecule has 6 N–H and O–H groups in total. The number of nitrogens with one attached hydrogen (secondary N) is 6. The summed E-state index contributed by atoms with van der Waals surface area (Å²) in [4.78, 5) is 128. The van der Waals surface area contributed by atoms with E-state index in [1.165, 1.54) is 75.7 Å². The number of carbonyl (C=O) groups excluding carboxylic acids is 9. The number of benzene rings is 3. The number of aromatic nitrogens is 9. The first-order valence-corrected chi connectivity index (χ1v) is 37.8. The SMILES string of the molecule is C.CNCC(=O)OCc1cccnc1N(C)C(=O)OCn1nc(C(=O)Nc2ccc(C)cc2Cl)c(Br)c1Br.CNCC(=O)OCc1cccnc1N(C)C(=O)OCn1nc(C(=O)Nc2ccc(C)cc2Cl)c(Br)c1Br.CNCC(=O)OCc1cccnc1N(C)C(=O)OCn1nc(C(=O)Nc2ccc(C)cc2F)c(Br)c1Br. The van der Waals surface area contributed by atoms with Gasteiger partial charge in [-0.2, -0.15) is 15.3 Å². The van der Waals surface area contributed by atoms with Crippen LogP contribution in [0.5, 0.6) is 0 Å². The van der Waals surface area contributed by atoms with Crippen LogP contribution < -0.4 is 46.6 Å². The number of aryl methyl sites for hydroxylation is 3. The van der Waals surface area contributed by atoms with Gasteiger partial charge in [0.15, 0.2) is 37.3 Å². The third-order valence-corrected chi connectivity index (χ3v) is 21.6. The molecular weight excluding hydrogens is 1900 g/mol. The van der Waals surface area contributed by atoms with Crippen molar-refractivity contribution >= 4 is 207 Å². The molecule has 0 saturated carbocycles. The van der Waals surface area contributed by atoms with Crippen molar-refractivity contribution in [3.05, 3.63) is 203 Å². The molecule has 6 amide bonds. The number of esters is 3. The third kappa shape index (κ3) is 25.6. The molecule has 9 rings (SSSR count). The van der Waals surface area contributed by atoms with Gasteiger partial charge in [0.05, 0.1) is 60.2 Å². The number of likely N-dealkylation sites (N-methyl/N-ethyl adjacent to an activating group) is 3. The van der Waals surface area contributed by atoms with Gasteiger partial charge < -0.3 is 60.3 Å². The number of ether oxygens (including phenoxy) is 6. The summed E-state index contributed by atoms with van der Waals surface area (Å²) in [6, 6.07) is 24.9. The van der Waals surface area contributed by atoms with Gasteiger partial charge in [0, 0.05) is 56.4 Å². The van der Waals surface area contributed by atoms with Gasteiger partial charge in [0.2, 0.25) is 0 Å². The lowest BCUT2D eigenvalue weighted by Gasteiger charge is -2.19. The van der Waals surface area contributed by atoms with Crippen molar-refractivity contribution < 1.29 is 76.0 Å². The fourth-order valence-corrected chi connectivity index (χ4v) is 12.2. The fourth-order valence-electron chi connectivity index (χ4n) is 9.15. The van der Waals surface area contributed by atoms with Crippen LogP contribution in [0.3, 0.4) is 0 Å². The monoisotopic (exact) mass is 1970 g/mol. The van der Waals surface area contributed by atoms with E-state index in [1.54, 1.807) is 94.8 Å². The number of nitrogens with zero attached hydrogens (tertiary/aromatic N) is 12. The summed E-state index contributed by atoms with van der Waals surface area (Å²) >= 11 is 32.4. The van der Waals surface area contributed by atoms with Crippen LogP contribution >= 0.6 is 119 Å². The Labute approximate surface area is 701 Å². The van der Waals surface area contributed by atoms with Crippen LogP contribution in [-0.4, -0.2) is 160 Å². The molecule has 0 fully saturated rings. The minimum absolute atomic E-state index is 0. The second kappa shape index (κ2) is 44.2. The number of anilines is 6. The Morgan fingerprint density at radius 2 is 0.705 bits per heavy atom. The highest BCUT2D eigenvalue weighted by Gasteiger charge is 2.28. The van der Waals surface area contributed by atoms with E-state index in [0.717, 1.165) is 16.0 Å². The predicted molar refractivity (Wildman–Crippen MR) is 436 cm³/mol. The molecule has 0 unspecified atom stereocenters. The van der Waals surface area contributed by atoms with E-state index < -0.39 is 59.7 Å². The largest absolute Gasteiger partial charge is 0.460 e. The number of hydrogen-bond donors (Lipinski definition) is 6. The van der Waals surface area contributed by atoms with Crippen molar-refractivity contribution in [2.75, 3.05) is 92.6 Å². The zero-order chi connectivity index (χ0) is 81.3. The standard InChI is InChI=1S/2C23H23Br2ClN6O5.C23H23Br2FN6O5.CH4/c3*1-13-6-7-16(15(26)9-13)29-22(34)19-18(24)20(25)32(30-19)12-37-23(35)31(3)21-14(5-4-8-28-21)11-36-17(33)10-27-2;/h3*4-9,27H,10-12H2,1-3H3,(H,29,34);1H4. The topological polar surface area (TPSA) is 383 Å². The highest BCUT2D eigenvalue weighted by atomic mass is 79.9. The van der Waals surface area contributed by atoms with E-state index >= 15 is 0 Å². The lowest BCUT2D eigenvalue weighted by atomic mass is 10.2. The number of hydrogen-bond acceptors (Lipinski definition) is 24. The average Bonchev–Trinajstić information content (AvgIpc) is 1.68. The van der Waals surface area contributed by atoms with Crippen LogP contribution in [-0.2, 0) is 82.8 Å². The lowest BCUT2D eigenvalue weighted by Crippen LogP contribution is -2.30. The number of carbonyl (C=O) groups is 9. The minimum Gasteiger partial charge on any atom is -0.460 e. The normalized spacial score (nSPS) is 10.6. The van der Waals surface area contributed by atoms with Gasteiger partial charge in [-0.05, 0) is 209 Å². The van der Waals surface area contributed by atoms with E-state index in [2.05, 4.69) is 158 Å². The Bertz CT molecular complexity index is 4430. The smallest absolute Gasteiger partial charge is 0.417 e.